The number of nitrogens with zero attached hydrogens (tertiary/aromatic N) is 3. The molecular formula is C16H28N4. The summed E-state index contributed by atoms with van der Waals surface area (Å²) in [4.78, 5) is 9.34. The Morgan fingerprint density at radius 2 is 2.10 bits per heavy atom. The molecule has 1 atom stereocenters. The van der Waals surface area contributed by atoms with Crippen LogP contribution in [-0.4, -0.2) is 48.1 Å². The average molecular weight is 276 g/mol. The van der Waals surface area contributed by atoms with Crippen molar-refractivity contribution in [3.05, 3.63) is 23.9 Å². The van der Waals surface area contributed by atoms with Crippen molar-refractivity contribution in [2.75, 3.05) is 31.6 Å². The largest absolute Gasteiger partial charge is 0.354 e. The number of piperazine rings is 1. The zero-order valence-electron chi connectivity index (χ0n) is 13.5. The molecule has 1 aromatic rings. The number of likely N-dealkylation sites (N-methyl/N-ethyl adjacent to an activating group) is 1. The van der Waals surface area contributed by atoms with Crippen LogP contribution in [0.5, 0.6) is 0 Å². The van der Waals surface area contributed by atoms with Crippen molar-refractivity contribution < 1.29 is 0 Å². The van der Waals surface area contributed by atoms with Crippen molar-refractivity contribution in [3.8, 4) is 0 Å². The molecule has 112 valence electrons. The van der Waals surface area contributed by atoms with Gasteiger partial charge in [-0.2, -0.15) is 0 Å². The molecule has 1 aliphatic heterocycles. The highest BCUT2D eigenvalue weighted by atomic mass is 15.3. The Morgan fingerprint density at radius 1 is 1.35 bits per heavy atom. The van der Waals surface area contributed by atoms with Gasteiger partial charge in [-0.3, -0.25) is 0 Å². The fourth-order valence-corrected chi connectivity index (χ4v) is 2.37. The molecule has 0 amide bonds. The third kappa shape index (κ3) is 4.18. The first-order valence-electron chi connectivity index (χ1n) is 7.50. The van der Waals surface area contributed by atoms with Gasteiger partial charge in [0.15, 0.2) is 0 Å². The van der Waals surface area contributed by atoms with Crippen LogP contribution in [0.2, 0.25) is 0 Å². The van der Waals surface area contributed by atoms with Crippen molar-refractivity contribution in [3.63, 3.8) is 0 Å². The summed E-state index contributed by atoms with van der Waals surface area (Å²) in [6.07, 6.45) is 1.93. The predicted octanol–water partition coefficient (Wildman–Crippen LogP) is 2.11. The lowest BCUT2D eigenvalue weighted by Crippen LogP contribution is -2.50. The number of rotatable bonds is 3. The van der Waals surface area contributed by atoms with Gasteiger partial charge in [-0.25, -0.2) is 4.98 Å². The zero-order valence-corrected chi connectivity index (χ0v) is 13.5. The van der Waals surface area contributed by atoms with E-state index < -0.39 is 0 Å². The Hall–Kier alpha value is -1.13. The van der Waals surface area contributed by atoms with E-state index in [0.29, 0.717) is 6.04 Å². The predicted molar refractivity (Wildman–Crippen MR) is 85.1 cm³/mol. The van der Waals surface area contributed by atoms with Gasteiger partial charge in [-0.1, -0.05) is 0 Å². The summed E-state index contributed by atoms with van der Waals surface area (Å²) in [5.41, 5.74) is 1.45. The standard InChI is InChI=1S/C16H28N4/c1-13-12-20(9-8-19(13)5)15-10-14(6-7-17-15)11-18-16(2,3)4/h6-7,10,13,18H,8-9,11-12H2,1-5H3. The molecule has 0 radical (unpaired) electrons. The van der Waals surface area contributed by atoms with Gasteiger partial charge >= 0.3 is 0 Å². The Kier molecular flexibility index (Phi) is 4.66. The van der Waals surface area contributed by atoms with Crippen LogP contribution in [0.25, 0.3) is 0 Å². The molecule has 1 unspecified atom stereocenters. The second-order valence-electron chi connectivity index (χ2n) is 6.90. The number of hydrogen-bond acceptors (Lipinski definition) is 4. The van der Waals surface area contributed by atoms with Crippen LogP contribution < -0.4 is 10.2 Å². The van der Waals surface area contributed by atoms with Crippen LogP contribution in [0.4, 0.5) is 5.82 Å². The Bertz CT molecular complexity index is 438. The summed E-state index contributed by atoms with van der Waals surface area (Å²) < 4.78 is 0. The first kappa shape index (κ1) is 15.3. The molecule has 0 saturated carbocycles. The second kappa shape index (κ2) is 6.10. The van der Waals surface area contributed by atoms with Gasteiger partial charge < -0.3 is 15.1 Å². The highest BCUT2D eigenvalue weighted by Crippen LogP contribution is 2.17. The van der Waals surface area contributed by atoms with Crippen molar-refractivity contribution >= 4 is 5.82 Å². The van der Waals surface area contributed by atoms with E-state index in [-0.39, 0.29) is 5.54 Å². The normalized spacial score (nSPS) is 21.2. The smallest absolute Gasteiger partial charge is 0.128 e. The second-order valence-corrected chi connectivity index (χ2v) is 6.90. The Labute approximate surface area is 123 Å². The van der Waals surface area contributed by atoms with Gasteiger partial charge in [0.25, 0.3) is 0 Å². The van der Waals surface area contributed by atoms with Gasteiger partial charge in [0.2, 0.25) is 0 Å². The summed E-state index contributed by atoms with van der Waals surface area (Å²) >= 11 is 0. The number of aromatic nitrogens is 1. The molecule has 1 aromatic heterocycles. The van der Waals surface area contributed by atoms with Gasteiger partial charge in [0.05, 0.1) is 0 Å². The van der Waals surface area contributed by atoms with Crippen molar-refractivity contribution in [2.45, 2.75) is 45.8 Å². The van der Waals surface area contributed by atoms with E-state index in [1.54, 1.807) is 0 Å². The molecule has 0 aliphatic carbocycles. The van der Waals surface area contributed by atoms with E-state index in [9.17, 15) is 0 Å². The van der Waals surface area contributed by atoms with E-state index in [1.165, 1.54) is 5.56 Å². The SMILES string of the molecule is CC1CN(c2cc(CNC(C)(C)C)ccn2)CCN1C. The number of nitrogens with one attached hydrogen (secondary N) is 1. The van der Waals surface area contributed by atoms with Crippen molar-refractivity contribution in [1.82, 2.24) is 15.2 Å². The molecule has 0 spiro atoms. The number of hydrogen-bond donors (Lipinski definition) is 1. The maximum Gasteiger partial charge on any atom is 0.128 e. The molecule has 2 heterocycles. The molecule has 1 aliphatic rings. The van der Waals surface area contributed by atoms with Crippen molar-refractivity contribution in [2.24, 2.45) is 0 Å². The van der Waals surface area contributed by atoms with E-state index in [0.717, 1.165) is 32.0 Å². The van der Waals surface area contributed by atoms with Gasteiger partial charge in [-0.15, -0.1) is 0 Å². The average Bonchev–Trinajstić information content (AvgIpc) is 2.39. The van der Waals surface area contributed by atoms with Gasteiger partial charge in [0.1, 0.15) is 5.82 Å². The molecule has 20 heavy (non-hydrogen) atoms. The minimum atomic E-state index is 0.145. The van der Waals surface area contributed by atoms with E-state index in [1.807, 2.05) is 6.20 Å². The summed E-state index contributed by atoms with van der Waals surface area (Å²) in [5, 5.41) is 3.53. The molecule has 1 saturated heterocycles. The van der Waals surface area contributed by atoms with E-state index in [4.69, 9.17) is 0 Å². The van der Waals surface area contributed by atoms with E-state index in [2.05, 4.69) is 67.0 Å². The van der Waals surface area contributed by atoms with E-state index >= 15 is 0 Å². The van der Waals surface area contributed by atoms with Gasteiger partial charge in [-0.05, 0) is 52.4 Å². The first-order valence-corrected chi connectivity index (χ1v) is 7.50. The molecule has 1 fully saturated rings. The van der Waals surface area contributed by atoms with Crippen LogP contribution >= 0.6 is 0 Å². The van der Waals surface area contributed by atoms with Crippen LogP contribution in [0, 0.1) is 0 Å². The lowest BCUT2D eigenvalue weighted by molar-refractivity contribution is 0.233. The minimum Gasteiger partial charge on any atom is -0.354 e. The third-order valence-electron chi connectivity index (χ3n) is 3.92. The molecule has 4 heteroatoms. The maximum absolute atomic E-state index is 4.55. The summed E-state index contributed by atoms with van der Waals surface area (Å²) in [7, 11) is 2.19. The number of pyridine rings is 1. The lowest BCUT2D eigenvalue weighted by Gasteiger charge is -2.38. The van der Waals surface area contributed by atoms with Crippen LogP contribution in [0.1, 0.15) is 33.3 Å². The Balaban J connectivity index is 2.02. The maximum atomic E-state index is 4.55. The number of anilines is 1. The summed E-state index contributed by atoms with van der Waals surface area (Å²) in [6, 6.07) is 4.90. The lowest BCUT2D eigenvalue weighted by atomic mass is 10.1. The summed E-state index contributed by atoms with van der Waals surface area (Å²) in [6.45, 7) is 13.0. The fourth-order valence-electron chi connectivity index (χ4n) is 2.37. The third-order valence-corrected chi connectivity index (χ3v) is 3.92. The molecule has 1 N–H and O–H groups in total. The van der Waals surface area contributed by atoms with Gasteiger partial charge in [0, 0.05) is 44.0 Å². The first-order chi connectivity index (χ1) is 9.35. The van der Waals surface area contributed by atoms with Crippen LogP contribution in [0.15, 0.2) is 18.3 Å². The highest BCUT2D eigenvalue weighted by molar-refractivity contribution is 5.41. The molecule has 2 rings (SSSR count). The minimum absolute atomic E-state index is 0.145. The molecule has 0 bridgehead atoms. The monoisotopic (exact) mass is 276 g/mol. The van der Waals surface area contributed by atoms with Crippen LogP contribution in [-0.2, 0) is 6.54 Å². The highest BCUT2D eigenvalue weighted by Gasteiger charge is 2.21. The zero-order chi connectivity index (χ0) is 14.8. The molecule has 4 nitrogen and oxygen atoms in total. The molecule has 0 aromatic carbocycles. The summed E-state index contributed by atoms with van der Waals surface area (Å²) in [5.74, 6) is 1.11. The Morgan fingerprint density at radius 3 is 2.75 bits per heavy atom. The fraction of sp³-hybridized carbons (Fsp3) is 0.688. The quantitative estimate of drug-likeness (QED) is 0.916. The molecular weight excluding hydrogens is 248 g/mol. The van der Waals surface area contributed by atoms with Crippen LogP contribution in [0.3, 0.4) is 0 Å². The van der Waals surface area contributed by atoms with Crippen molar-refractivity contribution in [1.29, 1.82) is 0 Å². The topological polar surface area (TPSA) is 31.4 Å².